The number of halogens is 2. The lowest BCUT2D eigenvalue weighted by Gasteiger charge is -2.35. The molecule has 0 N–H and O–H groups in total. The van der Waals surface area contributed by atoms with Gasteiger partial charge in [0, 0.05) is 37.4 Å². The monoisotopic (exact) mass is 454 g/mol. The molecule has 2 aromatic carbocycles. The molecule has 8 heteroatoms. The van der Waals surface area contributed by atoms with E-state index in [-0.39, 0.29) is 22.4 Å². The van der Waals surface area contributed by atoms with Crippen LogP contribution in [0.5, 0.6) is 0 Å². The van der Waals surface area contributed by atoms with Crippen LogP contribution >= 0.6 is 11.6 Å². The molecule has 1 aliphatic rings. The van der Waals surface area contributed by atoms with Crippen LogP contribution in [0.1, 0.15) is 37.7 Å². The Kier molecular flexibility index (Phi) is 6.28. The van der Waals surface area contributed by atoms with Gasteiger partial charge in [0.05, 0.1) is 22.8 Å². The number of hydrogen-bond acceptors (Lipinski definition) is 3. The Morgan fingerprint density at radius 2 is 1.66 bits per heavy atom. The van der Waals surface area contributed by atoms with E-state index >= 15 is 0 Å². The van der Waals surface area contributed by atoms with E-state index in [1.807, 2.05) is 48.9 Å². The average Bonchev–Trinajstić information content (AvgIpc) is 3.09. The Hall–Kier alpha value is -3.19. The van der Waals surface area contributed by atoms with Crippen LogP contribution in [-0.4, -0.2) is 57.6 Å². The van der Waals surface area contributed by atoms with Gasteiger partial charge in [0.1, 0.15) is 5.82 Å². The first-order valence-corrected chi connectivity index (χ1v) is 10.8. The van der Waals surface area contributed by atoms with Gasteiger partial charge in [-0.05, 0) is 55.8 Å². The molecule has 1 aliphatic heterocycles. The van der Waals surface area contributed by atoms with Crippen molar-refractivity contribution in [2.24, 2.45) is 0 Å². The summed E-state index contributed by atoms with van der Waals surface area (Å²) in [6, 6.07) is 13.3. The summed E-state index contributed by atoms with van der Waals surface area (Å²) in [7, 11) is 0. The van der Waals surface area contributed by atoms with Crippen molar-refractivity contribution in [3.63, 3.8) is 0 Å². The van der Waals surface area contributed by atoms with Gasteiger partial charge in [-0.1, -0.05) is 23.7 Å². The van der Waals surface area contributed by atoms with Gasteiger partial charge < -0.3 is 9.80 Å². The van der Waals surface area contributed by atoms with Crippen LogP contribution in [-0.2, 0) is 6.54 Å². The largest absolute Gasteiger partial charge is 0.335 e. The Morgan fingerprint density at radius 3 is 2.28 bits per heavy atom. The molecule has 0 unspecified atom stereocenters. The molecule has 166 valence electrons. The minimum atomic E-state index is -0.484. The average molecular weight is 455 g/mol. The number of carbonyl (C=O) groups is 2. The molecule has 4 rings (SSSR count). The fraction of sp³-hybridized carbons (Fsp3) is 0.292. The van der Waals surface area contributed by atoms with Gasteiger partial charge in [0.2, 0.25) is 0 Å². The van der Waals surface area contributed by atoms with Crippen LogP contribution in [0.2, 0.25) is 5.02 Å². The van der Waals surface area contributed by atoms with Gasteiger partial charge in [-0.25, -0.2) is 4.39 Å². The Labute approximate surface area is 191 Å². The fourth-order valence-electron chi connectivity index (χ4n) is 3.94. The highest BCUT2D eigenvalue weighted by Crippen LogP contribution is 2.20. The van der Waals surface area contributed by atoms with E-state index in [0.29, 0.717) is 38.3 Å². The maximum atomic E-state index is 13.3. The molecule has 1 fully saturated rings. The summed E-state index contributed by atoms with van der Waals surface area (Å²) in [6.07, 6.45) is 0. The summed E-state index contributed by atoms with van der Waals surface area (Å²) in [4.78, 5) is 29.2. The number of nitrogens with zero attached hydrogens (tertiary/aromatic N) is 4. The third kappa shape index (κ3) is 4.67. The van der Waals surface area contributed by atoms with Crippen molar-refractivity contribution in [3.05, 3.63) is 87.4 Å². The van der Waals surface area contributed by atoms with Crippen molar-refractivity contribution >= 4 is 23.4 Å². The minimum Gasteiger partial charge on any atom is -0.335 e. The number of carbonyl (C=O) groups excluding carboxylic acids is 2. The molecular weight excluding hydrogens is 431 g/mol. The summed E-state index contributed by atoms with van der Waals surface area (Å²) in [5, 5.41) is 4.57. The molecule has 0 radical (unpaired) electrons. The number of benzene rings is 2. The zero-order valence-electron chi connectivity index (χ0n) is 18.0. The van der Waals surface area contributed by atoms with Crippen LogP contribution in [0.3, 0.4) is 0 Å². The van der Waals surface area contributed by atoms with Gasteiger partial charge in [-0.15, -0.1) is 0 Å². The molecule has 0 bridgehead atoms. The van der Waals surface area contributed by atoms with Crippen molar-refractivity contribution in [1.29, 1.82) is 0 Å². The Bertz CT molecular complexity index is 1170. The van der Waals surface area contributed by atoms with Gasteiger partial charge in [-0.3, -0.25) is 14.3 Å². The Balaban J connectivity index is 1.40. The Morgan fingerprint density at radius 1 is 0.969 bits per heavy atom. The molecule has 32 heavy (non-hydrogen) atoms. The maximum absolute atomic E-state index is 13.3. The summed E-state index contributed by atoms with van der Waals surface area (Å²) >= 11 is 6.03. The van der Waals surface area contributed by atoms with Crippen LogP contribution in [0, 0.1) is 19.7 Å². The normalized spacial score (nSPS) is 14.0. The van der Waals surface area contributed by atoms with Crippen LogP contribution in [0.4, 0.5) is 4.39 Å². The highest BCUT2D eigenvalue weighted by molar-refractivity contribution is 6.33. The van der Waals surface area contributed by atoms with Crippen molar-refractivity contribution < 1.29 is 14.0 Å². The lowest BCUT2D eigenvalue weighted by atomic mass is 10.1. The van der Waals surface area contributed by atoms with E-state index in [9.17, 15) is 14.0 Å². The van der Waals surface area contributed by atoms with Crippen molar-refractivity contribution in [3.8, 4) is 0 Å². The first kappa shape index (κ1) is 22.0. The fourth-order valence-corrected chi connectivity index (χ4v) is 4.19. The summed E-state index contributed by atoms with van der Waals surface area (Å²) in [6.45, 7) is 6.19. The predicted molar refractivity (Wildman–Crippen MR) is 120 cm³/mol. The van der Waals surface area contributed by atoms with Gasteiger partial charge in [0.15, 0.2) is 0 Å². The number of amides is 2. The standard InChI is InChI=1S/C24H24ClFN4O2/c1-16-12-17(2)30(27-16)15-18-4-3-5-19(13-18)23(31)28-8-10-29(11-9-28)24(32)21-7-6-20(26)14-22(21)25/h3-7,12-14H,8-11,15H2,1-2H3. The third-order valence-electron chi connectivity index (χ3n) is 5.63. The molecule has 3 aromatic rings. The van der Waals surface area contributed by atoms with E-state index in [1.165, 1.54) is 12.1 Å². The molecule has 0 spiro atoms. The molecule has 2 heterocycles. The topological polar surface area (TPSA) is 58.4 Å². The second kappa shape index (κ2) is 9.12. The molecule has 1 aromatic heterocycles. The van der Waals surface area contributed by atoms with Gasteiger partial charge >= 0.3 is 0 Å². The zero-order chi connectivity index (χ0) is 22.8. The first-order valence-electron chi connectivity index (χ1n) is 10.5. The van der Waals surface area contributed by atoms with Crippen LogP contribution in [0.25, 0.3) is 0 Å². The van der Waals surface area contributed by atoms with Crippen molar-refractivity contribution in [1.82, 2.24) is 19.6 Å². The smallest absolute Gasteiger partial charge is 0.255 e. The zero-order valence-corrected chi connectivity index (χ0v) is 18.8. The highest BCUT2D eigenvalue weighted by Gasteiger charge is 2.26. The van der Waals surface area contributed by atoms with E-state index in [4.69, 9.17) is 11.6 Å². The quantitative estimate of drug-likeness (QED) is 0.600. The molecule has 0 aliphatic carbocycles. The second-order valence-electron chi connectivity index (χ2n) is 7.99. The first-order chi connectivity index (χ1) is 15.3. The number of hydrogen-bond donors (Lipinski definition) is 0. The molecule has 0 atom stereocenters. The van der Waals surface area contributed by atoms with Crippen molar-refractivity contribution in [2.75, 3.05) is 26.2 Å². The lowest BCUT2D eigenvalue weighted by molar-refractivity contribution is 0.0535. The van der Waals surface area contributed by atoms with E-state index in [1.54, 1.807) is 9.80 Å². The van der Waals surface area contributed by atoms with Gasteiger partial charge in [-0.2, -0.15) is 5.10 Å². The summed E-state index contributed by atoms with van der Waals surface area (Å²) in [5.41, 5.74) is 3.92. The van der Waals surface area contributed by atoms with E-state index in [0.717, 1.165) is 23.0 Å². The molecule has 1 saturated heterocycles. The van der Waals surface area contributed by atoms with E-state index in [2.05, 4.69) is 5.10 Å². The molecule has 2 amide bonds. The molecule has 0 saturated carbocycles. The molecule has 6 nitrogen and oxygen atoms in total. The number of rotatable bonds is 4. The number of piperazine rings is 1. The lowest BCUT2D eigenvalue weighted by Crippen LogP contribution is -2.50. The van der Waals surface area contributed by atoms with Crippen LogP contribution < -0.4 is 0 Å². The minimum absolute atomic E-state index is 0.0628. The number of aromatic nitrogens is 2. The molecular formula is C24H24ClFN4O2. The SMILES string of the molecule is Cc1cc(C)n(Cc2cccc(C(=O)N3CCN(C(=O)c4ccc(F)cc4Cl)CC3)c2)n1. The number of aryl methyl sites for hydroxylation is 2. The summed E-state index contributed by atoms with van der Waals surface area (Å²) < 4.78 is 15.2. The third-order valence-corrected chi connectivity index (χ3v) is 5.94. The highest BCUT2D eigenvalue weighted by atomic mass is 35.5. The van der Waals surface area contributed by atoms with Crippen molar-refractivity contribution in [2.45, 2.75) is 20.4 Å². The summed E-state index contributed by atoms with van der Waals surface area (Å²) in [5.74, 6) is -0.803. The van der Waals surface area contributed by atoms with Gasteiger partial charge in [0.25, 0.3) is 11.8 Å². The van der Waals surface area contributed by atoms with E-state index < -0.39 is 5.82 Å². The maximum Gasteiger partial charge on any atom is 0.255 e. The predicted octanol–water partition coefficient (Wildman–Crippen LogP) is 3.94. The van der Waals surface area contributed by atoms with Crippen LogP contribution in [0.15, 0.2) is 48.5 Å². The second-order valence-corrected chi connectivity index (χ2v) is 8.40.